The van der Waals surface area contributed by atoms with Crippen LogP contribution in [0.25, 0.3) is 0 Å². The second-order valence-electron chi connectivity index (χ2n) is 6.22. The number of hydrazone groups is 1. The van der Waals surface area contributed by atoms with E-state index in [4.69, 9.17) is 25.5 Å². The Morgan fingerprint density at radius 1 is 1.23 bits per heavy atom. The molecule has 8 heteroatoms. The quantitative estimate of drug-likeness (QED) is 0.397. The molecule has 3 rings (SSSR count). The zero-order chi connectivity index (χ0) is 21.5. The van der Waals surface area contributed by atoms with Crippen molar-refractivity contribution in [1.29, 1.82) is 0 Å². The number of nitrogens with zero attached hydrogens (tertiary/aromatic N) is 1. The number of halogens is 2. The van der Waals surface area contributed by atoms with Gasteiger partial charge in [0.1, 0.15) is 18.2 Å². The zero-order valence-corrected chi connectivity index (χ0v) is 17.2. The van der Waals surface area contributed by atoms with E-state index in [2.05, 4.69) is 10.5 Å². The highest BCUT2D eigenvalue weighted by Crippen LogP contribution is 2.30. The molecule has 1 N–H and O–H groups in total. The molecular weight excluding hydrogens is 411 g/mol. The lowest BCUT2D eigenvalue weighted by Crippen LogP contribution is -2.17. The third-order valence-corrected chi connectivity index (χ3v) is 4.54. The lowest BCUT2D eigenvalue weighted by molar-refractivity contribution is 0.0953. The number of aryl methyl sites for hydroxylation is 1. The fraction of sp³-hybridized carbons (Fsp3) is 0.182. The Morgan fingerprint density at radius 3 is 2.77 bits per heavy atom. The van der Waals surface area contributed by atoms with Crippen molar-refractivity contribution in [3.05, 3.63) is 82.0 Å². The summed E-state index contributed by atoms with van der Waals surface area (Å²) in [5.74, 6) is 0.604. The van der Waals surface area contributed by atoms with E-state index >= 15 is 0 Å². The Labute approximate surface area is 178 Å². The molecule has 1 amide bonds. The third-order valence-electron chi connectivity index (χ3n) is 4.18. The smallest absolute Gasteiger partial charge is 0.274 e. The largest absolute Gasteiger partial charge is 0.490 e. The number of rotatable bonds is 8. The summed E-state index contributed by atoms with van der Waals surface area (Å²) < 4.78 is 30.4. The van der Waals surface area contributed by atoms with E-state index in [1.54, 1.807) is 37.3 Å². The molecule has 3 aromatic rings. The average molecular weight is 431 g/mol. The van der Waals surface area contributed by atoms with Gasteiger partial charge in [0.25, 0.3) is 5.91 Å². The highest BCUT2D eigenvalue weighted by molar-refractivity contribution is 6.31. The summed E-state index contributed by atoms with van der Waals surface area (Å²) in [6.07, 6.45) is 2.92. The molecule has 0 unspecified atom stereocenters. The molecule has 0 aliphatic carbocycles. The Bertz CT molecular complexity index is 1040. The van der Waals surface area contributed by atoms with Crippen LogP contribution < -0.4 is 14.9 Å². The van der Waals surface area contributed by atoms with Gasteiger partial charge in [0.15, 0.2) is 11.5 Å². The average Bonchev–Trinajstić information content (AvgIpc) is 3.15. The molecule has 0 saturated carbocycles. The van der Waals surface area contributed by atoms with E-state index in [0.717, 1.165) is 0 Å². The summed E-state index contributed by atoms with van der Waals surface area (Å²) in [7, 11) is 0. The lowest BCUT2D eigenvalue weighted by atomic mass is 10.2. The van der Waals surface area contributed by atoms with E-state index in [0.29, 0.717) is 40.0 Å². The van der Waals surface area contributed by atoms with Crippen LogP contribution in [0.15, 0.2) is 58.2 Å². The van der Waals surface area contributed by atoms with Crippen LogP contribution in [0.4, 0.5) is 4.39 Å². The molecule has 0 atom stereocenters. The molecule has 0 saturated heterocycles. The SMILES string of the molecule is CCOc1cc(/C=N\NC(=O)c2ccoc2C)ccc1OCc1c(F)cccc1Cl. The van der Waals surface area contributed by atoms with E-state index in [9.17, 15) is 9.18 Å². The first kappa shape index (κ1) is 21.4. The van der Waals surface area contributed by atoms with Crippen molar-refractivity contribution in [1.82, 2.24) is 5.43 Å². The third kappa shape index (κ3) is 5.18. The minimum absolute atomic E-state index is 0.0425. The molecular formula is C22H20ClFN2O4. The Balaban J connectivity index is 1.70. The fourth-order valence-electron chi connectivity index (χ4n) is 2.66. The lowest BCUT2D eigenvalue weighted by Gasteiger charge is -2.13. The summed E-state index contributed by atoms with van der Waals surface area (Å²) in [5, 5.41) is 4.25. The number of amides is 1. The van der Waals surface area contributed by atoms with Crippen molar-refractivity contribution in [2.24, 2.45) is 5.10 Å². The first-order chi connectivity index (χ1) is 14.5. The first-order valence-electron chi connectivity index (χ1n) is 9.19. The molecule has 0 fully saturated rings. The maximum atomic E-state index is 13.9. The topological polar surface area (TPSA) is 73.1 Å². The van der Waals surface area contributed by atoms with Gasteiger partial charge >= 0.3 is 0 Å². The zero-order valence-electron chi connectivity index (χ0n) is 16.4. The van der Waals surface area contributed by atoms with Crippen LogP contribution in [0, 0.1) is 12.7 Å². The number of hydrogen-bond donors (Lipinski definition) is 1. The van der Waals surface area contributed by atoms with E-state index in [1.807, 2.05) is 6.92 Å². The monoisotopic (exact) mass is 430 g/mol. The van der Waals surface area contributed by atoms with Gasteiger partial charge in [0.2, 0.25) is 0 Å². The van der Waals surface area contributed by atoms with Gasteiger partial charge in [-0.15, -0.1) is 0 Å². The van der Waals surface area contributed by atoms with Crippen molar-refractivity contribution in [3.63, 3.8) is 0 Å². The van der Waals surface area contributed by atoms with Gasteiger partial charge in [-0.3, -0.25) is 4.79 Å². The van der Waals surface area contributed by atoms with Gasteiger partial charge in [0.05, 0.1) is 29.7 Å². The second-order valence-corrected chi connectivity index (χ2v) is 6.62. The highest BCUT2D eigenvalue weighted by Gasteiger charge is 2.12. The summed E-state index contributed by atoms with van der Waals surface area (Å²) in [6.45, 7) is 3.90. The van der Waals surface area contributed by atoms with Crippen molar-refractivity contribution in [2.75, 3.05) is 6.61 Å². The van der Waals surface area contributed by atoms with Crippen LogP contribution >= 0.6 is 11.6 Å². The molecule has 0 bridgehead atoms. The van der Waals surface area contributed by atoms with Crippen molar-refractivity contribution >= 4 is 23.7 Å². The standard InChI is InChI=1S/C22H20ClFN2O4/c1-3-28-21-11-15(12-25-26-22(27)16-9-10-29-14(16)2)7-8-20(21)30-13-17-18(23)5-4-6-19(17)24/h4-12H,3,13H2,1-2H3,(H,26,27)/b25-12-. The molecule has 0 radical (unpaired) electrons. The molecule has 156 valence electrons. The Hall–Kier alpha value is -3.32. The molecule has 0 aliphatic rings. The van der Waals surface area contributed by atoms with Crippen LogP contribution in [0.1, 0.15) is 34.2 Å². The van der Waals surface area contributed by atoms with Gasteiger partial charge in [0, 0.05) is 5.56 Å². The van der Waals surface area contributed by atoms with E-state index in [-0.39, 0.29) is 18.1 Å². The van der Waals surface area contributed by atoms with Crippen molar-refractivity contribution in [2.45, 2.75) is 20.5 Å². The number of benzene rings is 2. The van der Waals surface area contributed by atoms with Gasteiger partial charge in [-0.1, -0.05) is 17.7 Å². The number of furan rings is 1. The van der Waals surface area contributed by atoms with Crippen LogP contribution in [-0.4, -0.2) is 18.7 Å². The normalized spacial score (nSPS) is 10.9. The first-order valence-corrected chi connectivity index (χ1v) is 9.57. The van der Waals surface area contributed by atoms with Crippen molar-refractivity contribution in [3.8, 4) is 11.5 Å². The molecule has 1 heterocycles. The maximum absolute atomic E-state index is 13.9. The minimum Gasteiger partial charge on any atom is -0.490 e. The number of hydrogen-bond acceptors (Lipinski definition) is 5. The molecule has 2 aromatic carbocycles. The molecule has 0 spiro atoms. The predicted octanol–water partition coefficient (Wildman–Crippen LogP) is 5.12. The van der Waals surface area contributed by atoms with Crippen LogP contribution in [0.2, 0.25) is 5.02 Å². The van der Waals surface area contributed by atoms with E-state index < -0.39 is 5.82 Å². The summed E-state index contributed by atoms with van der Waals surface area (Å²) in [5.41, 5.74) is 3.80. The van der Waals surface area contributed by atoms with Crippen LogP contribution in [0.3, 0.4) is 0 Å². The number of carbonyl (C=O) groups is 1. The van der Waals surface area contributed by atoms with Crippen molar-refractivity contribution < 1.29 is 23.1 Å². The van der Waals surface area contributed by atoms with E-state index in [1.165, 1.54) is 24.6 Å². The summed E-state index contributed by atoms with van der Waals surface area (Å²) >= 11 is 6.04. The molecule has 0 aliphatic heterocycles. The number of ether oxygens (including phenoxy) is 2. The molecule has 30 heavy (non-hydrogen) atoms. The van der Waals surface area contributed by atoms with Gasteiger partial charge in [-0.2, -0.15) is 5.10 Å². The highest BCUT2D eigenvalue weighted by atomic mass is 35.5. The van der Waals surface area contributed by atoms with Gasteiger partial charge in [-0.05, 0) is 55.8 Å². The summed E-state index contributed by atoms with van der Waals surface area (Å²) in [4.78, 5) is 12.0. The maximum Gasteiger partial charge on any atom is 0.274 e. The fourth-order valence-corrected chi connectivity index (χ4v) is 2.88. The summed E-state index contributed by atoms with van der Waals surface area (Å²) in [6, 6.07) is 11.2. The minimum atomic E-state index is -0.437. The Kier molecular flexibility index (Phi) is 7.08. The van der Waals surface area contributed by atoms with Gasteiger partial charge in [-0.25, -0.2) is 9.82 Å². The number of nitrogens with one attached hydrogen (secondary N) is 1. The predicted molar refractivity (Wildman–Crippen MR) is 112 cm³/mol. The van der Waals surface area contributed by atoms with Crippen LogP contribution in [0.5, 0.6) is 11.5 Å². The second kappa shape index (κ2) is 9.93. The molecule has 1 aromatic heterocycles. The van der Waals surface area contributed by atoms with Crippen LogP contribution in [-0.2, 0) is 6.61 Å². The Morgan fingerprint density at radius 2 is 2.07 bits per heavy atom. The number of carbonyl (C=O) groups excluding carboxylic acids is 1. The van der Waals surface area contributed by atoms with Gasteiger partial charge < -0.3 is 13.9 Å². The molecule has 6 nitrogen and oxygen atoms in total.